The van der Waals surface area contributed by atoms with E-state index in [1.165, 1.54) is 12.1 Å². The van der Waals surface area contributed by atoms with Crippen molar-refractivity contribution in [2.75, 3.05) is 13.2 Å². The van der Waals surface area contributed by atoms with Gasteiger partial charge >= 0.3 is 0 Å². The van der Waals surface area contributed by atoms with E-state index in [9.17, 15) is 9.18 Å². The zero-order chi connectivity index (χ0) is 14.5. The van der Waals surface area contributed by atoms with Gasteiger partial charge in [0.1, 0.15) is 0 Å². The molecule has 1 atom stereocenters. The van der Waals surface area contributed by atoms with Gasteiger partial charge in [-0.2, -0.15) is 0 Å². The van der Waals surface area contributed by atoms with Crippen LogP contribution in [0.1, 0.15) is 37.0 Å². The molecule has 1 unspecified atom stereocenters. The highest BCUT2D eigenvalue weighted by molar-refractivity contribution is 5.94. The lowest BCUT2D eigenvalue weighted by Gasteiger charge is -2.13. The van der Waals surface area contributed by atoms with Crippen LogP contribution < -0.4 is 10.1 Å². The number of carbonyl (C=O) groups is 1. The maximum absolute atomic E-state index is 13.8. The molecule has 2 rings (SSSR count). The van der Waals surface area contributed by atoms with Crippen molar-refractivity contribution >= 4 is 5.91 Å². The first-order valence-electron chi connectivity index (χ1n) is 6.92. The van der Waals surface area contributed by atoms with Crippen molar-refractivity contribution in [2.45, 2.75) is 38.9 Å². The Bertz CT molecular complexity index is 470. The number of ether oxygens (including phenoxy) is 2. The Morgan fingerprint density at radius 1 is 1.55 bits per heavy atom. The van der Waals surface area contributed by atoms with Crippen LogP contribution in [0.4, 0.5) is 4.39 Å². The second-order valence-electron chi connectivity index (χ2n) is 5.16. The minimum absolute atomic E-state index is 0.0762. The fourth-order valence-electron chi connectivity index (χ4n) is 2.11. The van der Waals surface area contributed by atoms with Crippen LogP contribution in [0, 0.1) is 5.82 Å². The quantitative estimate of drug-likeness (QED) is 0.902. The number of halogens is 1. The van der Waals surface area contributed by atoms with E-state index in [0.29, 0.717) is 6.54 Å². The monoisotopic (exact) mass is 281 g/mol. The summed E-state index contributed by atoms with van der Waals surface area (Å²) in [6.45, 7) is 4.85. The zero-order valence-corrected chi connectivity index (χ0v) is 11.8. The van der Waals surface area contributed by atoms with Crippen LogP contribution in [-0.2, 0) is 4.74 Å². The highest BCUT2D eigenvalue weighted by Crippen LogP contribution is 2.19. The maximum Gasteiger partial charge on any atom is 0.251 e. The molecule has 1 N–H and O–H groups in total. The molecule has 1 amide bonds. The predicted octanol–water partition coefficient (Wildman–Crippen LogP) is 2.52. The summed E-state index contributed by atoms with van der Waals surface area (Å²) < 4.78 is 24.5. The number of amides is 1. The molecule has 1 heterocycles. The second-order valence-corrected chi connectivity index (χ2v) is 5.16. The normalized spacial score (nSPS) is 18.3. The molecule has 0 radical (unpaired) electrons. The van der Waals surface area contributed by atoms with Crippen LogP contribution in [0.15, 0.2) is 18.2 Å². The molecule has 110 valence electrons. The lowest BCUT2D eigenvalue weighted by molar-refractivity contribution is 0.0857. The van der Waals surface area contributed by atoms with Gasteiger partial charge in [0.25, 0.3) is 5.91 Å². The van der Waals surface area contributed by atoms with E-state index < -0.39 is 5.82 Å². The average Bonchev–Trinajstić information content (AvgIpc) is 2.91. The summed E-state index contributed by atoms with van der Waals surface area (Å²) in [5.41, 5.74) is 0.289. The van der Waals surface area contributed by atoms with Gasteiger partial charge in [0, 0.05) is 18.7 Å². The molecule has 0 bridgehead atoms. The SMILES string of the molecule is CC(C)Oc1ccc(C(=O)NCC2CCCO2)cc1F. The van der Waals surface area contributed by atoms with Crippen molar-refractivity contribution in [3.8, 4) is 5.75 Å². The Balaban J connectivity index is 1.94. The average molecular weight is 281 g/mol. The van der Waals surface area contributed by atoms with E-state index in [-0.39, 0.29) is 29.4 Å². The van der Waals surface area contributed by atoms with Crippen molar-refractivity contribution in [3.63, 3.8) is 0 Å². The van der Waals surface area contributed by atoms with Crippen molar-refractivity contribution in [1.82, 2.24) is 5.32 Å². The van der Waals surface area contributed by atoms with Crippen molar-refractivity contribution in [1.29, 1.82) is 0 Å². The van der Waals surface area contributed by atoms with Crippen molar-refractivity contribution in [3.05, 3.63) is 29.6 Å². The predicted molar refractivity (Wildman–Crippen MR) is 73.5 cm³/mol. The number of hydrogen-bond acceptors (Lipinski definition) is 3. The molecular formula is C15H20FNO3. The molecule has 0 aromatic heterocycles. The number of nitrogens with one attached hydrogen (secondary N) is 1. The molecule has 1 saturated heterocycles. The van der Waals surface area contributed by atoms with Gasteiger partial charge in [-0.15, -0.1) is 0 Å². The molecule has 5 heteroatoms. The standard InChI is InChI=1S/C15H20FNO3/c1-10(2)20-14-6-5-11(8-13(14)16)15(18)17-9-12-4-3-7-19-12/h5-6,8,10,12H,3-4,7,9H2,1-2H3,(H,17,18). The minimum atomic E-state index is -0.525. The molecule has 20 heavy (non-hydrogen) atoms. The second kappa shape index (κ2) is 6.70. The first kappa shape index (κ1) is 14.8. The first-order valence-corrected chi connectivity index (χ1v) is 6.92. The largest absolute Gasteiger partial charge is 0.488 e. The summed E-state index contributed by atoms with van der Waals surface area (Å²) in [6, 6.07) is 4.24. The van der Waals surface area contributed by atoms with E-state index in [4.69, 9.17) is 9.47 Å². The lowest BCUT2D eigenvalue weighted by atomic mass is 10.2. The molecule has 1 aromatic rings. The van der Waals surface area contributed by atoms with Gasteiger partial charge in [0.2, 0.25) is 0 Å². The molecule has 1 fully saturated rings. The van der Waals surface area contributed by atoms with Gasteiger partial charge in [-0.05, 0) is 44.9 Å². The fourth-order valence-corrected chi connectivity index (χ4v) is 2.11. The van der Waals surface area contributed by atoms with Crippen LogP contribution in [0.2, 0.25) is 0 Å². The third-order valence-electron chi connectivity index (χ3n) is 3.07. The Hall–Kier alpha value is -1.62. The van der Waals surface area contributed by atoms with Crippen molar-refractivity contribution in [2.24, 2.45) is 0 Å². The van der Waals surface area contributed by atoms with E-state index >= 15 is 0 Å². The number of carbonyl (C=O) groups excluding carboxylic acids is 1. The Morgan fingerprint density at radius 2 is 2.35 bits per heavy atom. The summed E-state index contributed by atoms with van der Waals surface area (Å²) in [6.07, 6.45) is 1.95. The third kappa shape index (κ3) is 3.93. The maximum atomic E-state index is 13.8. The van der Waals surface area contributed by atoms with Gasteiger partial charge < -0.3 is 14.8 Å². The van der Waals surface area contributed by atoms with Gasteiger partial charge in [-0.3, -0.25) is 4.79 Å². The molecular weight excluding hydrogens is 261 g/mol. The summed E-state index contributed by atoms with van der Waals surface area (Å²) in [7, 11) is 0. The highest BCUT2D eigenvalue weighted by Gasteiger charge is 2.17. The summed E-state index contributed by atoms with van der Waals surface area (Å²) in [4.78, 5) is 11.9. The molecule has 1 aliphatic rings. The Labute approximate surface area is 118 Å². The Kier molecular flexibility index (Phi) is 4.95. The van der Waals surface area contributed by atoms with Gasteiger partial charge in [-0.1, -0.05) is 0 Å². The van der Waals surface area contributed by atoms with Gasteiger partial charge in [0.05, 0.1) is 12.2 Å². The summed E-state index contributed by atoms with van der Waals surface area (Å²) in [5, 5.41) is 2.76. The third-order valence-corrected chi connectivity index (χ3v) is 3.07. The van der Waals surface area contributed by atoms with Crippen molar-refractivity contribution < 1.29 is 18.7 Å². The van der Waals surface area contributed by atoms with E-state index in [1.54, 1.807) is 6.07 Å². The fraction of sp³-hybridized carbons (Fsp3) is 0.533. The van der Waals surface area contributed by atoms with Crippen LogP contribution >= 0.6 is 0 Å². The number of benzene rings is 1. The lowest BCUT2D eigenvalue weighted by Crippen LogP contribution is -2.31. The number of hydrogen-bond donors (Lipinski definition) is 1. The van der Waals surface area contributed by atoms with Gasteiger partial charge in [0.15, 0.2) is 11.6 Å². The van der Waals surface area contributed by atoms with E-state index in [0.717, 1.165) is 19.4 Å². The van der Waals surface area contributed by atoms with E-state index in [1.807, 2.05) is 13.8 Å². The summed E-state index contributed by atoms with van der Waals surface area (Å²) >= 11 is 0. The van der Waals surface area contributed by atoms with Crippen LogP contribution in [0.5, 0.6) is 5.75 Å². The smallest absolute Gasteiger partial charge is 0.251 e. The molecule has 4 nitrogen and oxygen atoms in total. The molecule has 0 spiro atoms. The van der Waals surface area contributed by atoms with Crippen LogP contribution in [0.25, 0.3) is 0 Å². The topological polar surface area (TPSA) is 47.6 Å². The van der Waals surface area contributed by atoms with E-state index in [2.05, 4.69) is 5.32 Å². The summed E-state index contributed by atoms with van der Waals surface area (Å²) in [5.74, 6) is -0.658. The minimum Gasteiger partial charge on any atom is -0.488 e. The molecule has 1 aromatic carbocycles. The molecule has 0 saturated carbocycles. The highest BCUT2D eigenvalue weighted by atomic mass is 19.1. The zero-order valence-electron chi connectivity index (χ0n) is 11.8. The molecule has 1 aliphatic heterocycles. The van der Waals surface area contributed by atoms with Crippen LogP contribution in [0.3, 0.4) is 0 Å². The van der Waals surface area contributed by atoms with Gasteiger partial charge in [-0.25, -0.2) is 4.39 Å². The molecule has 0 aliphatic carbocycles. The van der Waals surface area contributed by atoms with Crippen LogP contribution in [-0.4, -0.2) is 31.3 Å². The first-order chi connectivity index (χ1) is 9.56. The Morgan fingerprint density at radius 3 is 2.95 bits per heavy atom. The number of rotatable bonds is 5.